The second kappa shape index (κ2) is 4.67. The van der Waals surface area contributed by atoms with E-state index in [9.17, 15) is 0 Å². The van der Waals surface area contributed by atoms with E-state index in [0.29, 0.717) is 0 Å². The lowest BCUT2D eigenvalue weighted by Crippen LogP contribution is -2.45. The molecule has 2 rings (SSSR count). The summed E-state index contributed by atoms with van der Waals surface area (Å²) in [4.78, 5) is 9.44. The zero-order valence-corrected chi connectivity index (χ0v) is 9.21. The highest BCUT2D eigenvalue weighted by Gasteiger charge is 2.18. The van der Waals surface area contributed by atoms with Crippen LogP contribution in [0.5, 0.6) is 0 Å². The van der Waals surface area contributed by atoms with Crippen molar-refractivity contribution in [2.24, 2.45) is 4.99 Å². The van der Waals surface area contributed by atoms with E-state index in [1.54, 1.807) is 0 Å². The summed E-state index contributed by atoms with van der Waals surface area (Å²) in [6.07, 6.45) is 6.69. The van der Waals surface area contributed by atoms with Crippen molar-refractivity contribution in [2.75, 3.05) is 33.2 Å². The van der Waals surface area contributed by atoms with Gasteiger partial charge in [0.25, 0.3) is 0 Å². The van der Waals surface area contributed by atoms with Crippen LogP contribution >= 0.6 is 0 Å². The van der Waals surface area contributed by atoms with Crippen LogP contribution in [0.4, 0.5) is 0 Å². The van der Waals surface area contributed by atoms with Crippen LogP contribution in [0.2, 0.25) is 0 Å². The van der Waals surface area contributed by atoms with Crippen molar-refractivity contribution in [3.05, 3.63) is 0 Å². The Kier molecular flexibility index (Phi) is 3.27. The SMILES string of the molecule is CN1CCCN=C1N1CCCCCC1. The summed E-state index contributed by atoms with van der Waals surface area (Å²) in [5.74, 6) is 1.25. The molecule has 0 aromatic heterocycles. The molecule has 0 amide bonds. The van der Waals surface area contributed by atoms with Gasteiger partial charge in [0.2, 0.25) is 0 Å². The summed E-state index contributed by atoms with van der Waals surface area (Å²) in [6.45, 7) is 4.62. The fourth-order valence-corrected chi connectivity index (χ4v) is 2.32. The molecule has 0 unspecified atom stereocenters. The Labute approximate surface area is 86.8 Å². The van der Waals surface area contributed by atoms with Gasteiger partial charge in [0.15, 0.2) is 5.96 Å². The molecule has 0 radical (unpaired) electrons. The Hall–Kier alpha value is -0.730. The smallest absolute Gasteiger partial charge is 0.196 e. The molecule has 14 heavy (non-hydrogen) atoms. The van der Waals surface area contributed by atoms with Crippen LogP contribution < -0.4 is 0 Å². The van der Waals surface area contributed by atoms with E-state index in [-0.39, 0.29) is 0 Å². The van der Waals surface area contributed by atoms with Gasteiger partial charge in [0.05, 0.1) is 0 Å². The third-order valence-corrected chi connectivity index (χ3v) is 3.14. The molecular formula is C11H21N3. The number of hydrogen-bond acceptors (Lipinski definition) is 3. The van der Waals surface area contributed by atoms with Crippen LogP contribution in [-0.4, -0.2) is 49.0 Å². The average molecular weight is 195 g/mol. The summed E-state index contributed by atoms with van der Waals surface area (Å²) in [5, 5.41) is 0. The van der Waals surface area contributed by atoms with Gasteiger partial charge in [-0.05, 0) is 19.3 Å². The maximum Gasteiger partial charge on any atom is 0.196 e. The minimum absolute atomic E-state index is 1.02. The Morgan fingerprint density at radius 3 is 2.29 bits per heavy atom. The van der Waals surface area contributed by atoms with Crippen molar-refractivity contribution in [1.82, 2.24) is 9.80 Å². The maximum absolute atomic E-state index is 4.64. The molecule has 0 N–H and O–H groups in total. The second-order valence-electron chi connectivity index (χ2n) is 4.36. The summed E-state index contributed by atoms with van der Waals surface area (Å²) in [7, 11) is 2.17. The lowest BCUT2D eigenvalue weighted by atomic mass is 10.2. The van der Waals surface area contributed by atoms with Crippen molar-refractivity contribution >= 4 is 5.96 Å². The first-order valence-corrected chi connectivity index (χ1v) is 5.88. The molecule has 2 aliphatic rings. The van der Waals surface area contributed by atoms with Crippen LogP contribution in [0.15, 0.2) is 4.99 Å². The van der Waals surface area contributed by atoms with Gasteiger partial charge in [-0.2, -0.15) is 0 Å². The van der Waals surface area contributed by atoms with Crippen molar-refractivity contribution in [3.63, 3.8) is 0 Å². The summed E-state index contributed by atoms with van der Waals surface area (Å²) in [5.41, 5.74) is 0. The monoisotopic (exact) mass is 195 g/mol. The predicted octanol–water partition coefficient (Wildman–Crippen LogP) is 1.55. The standard InChI is InChI=1S/C11H21N3/c1-13-8-6-7-12-11(13)14-9-4-2-3-5-10-14/h2-10H2,1H3. The Bertz CT molecular complexity index is 205. The number of nitrogens with zero attached hydrogens (tertiary/aromatic N) is 3. The molecule has 1 saturated heterocycles. The van der Waals surface area contributed by atoms with E-state index in [2.05, 4.69) is 21.8 Å². The van der Waals surface area contributed by atoms with Crippen molar-refractivity contribution < 1.29 is 0 Å². The molecule has 1 fully saturated rings. The van der Waals surface area contributed by atoms with Crippen molar-refractivity contribution in [1.29, 1.82) is 0 Å². The summed E-state index contributed by atoms with van der Waals surface area (Å²) in [6, 6.07) is 0. The van der Waals surface area contributed by atoms with E-state index in [1.807, 2.05) is 0 Å². The topological polar surface area (TPSA) is 18.8 Å². The highest BCUT2D eigenvalue weighted by Crippen LogP contribution is 2.13. The first-order valence-electron chi connectivity index (χ1n) is 5.88. The molecule has 3 nitrogen and oxygen atoms in total. The minimum Gasteiger partial charge on any atom is -0.346 e. The van der Waals surface area contributed by atoms with Gasteiger partial charge in [-0.15, -0.1) is 0 Å². The van der Waals surface area contributed by atoms with Gasteiger partial charge in [0.1, 0.15) is 0 Å². The zero-order chi connectivity index (χ0) is 9.80. The van der Waals surface area contributed by atoms with Gasteiger partial charge in [-0.3, -0.25) is 4.99 Å². The average Bonchev–Trinajstić information content (AvgIpc) is 2.47. The molecule has 2 heterocycles. The van der Waals surface area contributed by atoms with Gasteiger partial charge >= 0.3 is 0 Å². The molecular weight excluding hydrogens is 174 g/mol. The van der Waals surface area contributed by atoms with E-state index >= 15 is 0 Å². The Morgan fingerprint density at radius 2 is 1.64 bits per heavy atom. The number of guanidine groups is 1. The first-order chi connectivity index (χ1) is 6.88. The van der Waals surface area contributed by atoms with Gasteiger partial charge in [-0.25, -0.2) is 0 Å². The third kappa shape index (κ3) is 2.20. The number of aliphatic imine (C=N–C) groups is 1. The molecule has 0 atom stereocenters. The molecule has 0 aromatic rings. The predicted molar refractivity (Wildman–Crippen MR) is 59.6 cm³/mol. The van der Waals surface area contributed by atoms with Crippen LogP contribution in [0.3, 0.4) is 0 Å². The molecule has 0 bridgehead atoms. The lowest BCUT2D eigenvalue weighted by Gasteiger charge is -2.33. The van der Waals surface area contributed by atoms with E-state index in [4.69, 9.17) is 0 Å². The molecule has 0 spiro atoms. The van der Waals surface area contributed by atoms with E-state index < -0.39 is 0 Å². The molecule has 2 aliphatic heterocycles. The highest BCUT2D eigenvalue weighted by molar-refractivity contribution is 5.80. The molecule has 80 valence electrons. The summed E-state index contributed by atoms with van der Waals surface area (Å²) >= 11 is 0. The van der Waals surface area contributed by atoms with Crippen LogP contribution in [0, 0.1) is 0 Å². The van der Waals surface area contributed by atoms with E-state index in [1.165, 1.54) is 57.7 Å². The summed E-state index contributed by atoms with van der Waals surface area (Å²) < 4.78 is 0. The number of likely N-dealkylation sites (tertiary alicyclic amines) is 1. The largest absolute Gasteiger partial charge is 0.346 e. The first kappa shape index (κ1) is 9.81. The molecule has 0 saturated carbocycles. The number of hydrogen-bond donors (Lipinski definition) is 0. The minimum atomic E-state index is 1.02. The maximum atomic E-state index is 4.64. The fourth-order valence-electron chi connectivity index (χ4n) is 2.32. The highest BCUT2D eigenvalue weighted by atomic mass is 15.4. The van der Waals surface area contributed by atoms with Crippen LogP contribution in [-0.2, 0) is 0 Å². The quantitative estimate of drug-likeness (QED) is 0.584. The van der Waals surface area contributed by atoms with Crippen molar-refractivity contribution in [2.45, 2.75) is 32.1 Å². The van der Waals surface area contributed by atoms with Gasteiger partial charge < -0.3 is 9.80 Å². The zero-order valence-electron chi connectivity index (χ0n) is 9.21. The lowest BCUT2D eigenvalue weighted by molar-refractivity contribution is 0.336. The van der Waals surface area contributed by atoms with Gasteiger partial charge in [0, 0.05) is 33.2 Å². The van der Waals surface area contributed by atoms with E-state index in [0.717, 1.165) is 6.54 Å². The normalized spacial score (nSPS) is 24.5. The second-order valence-corrected chi connectivity index (χ2v) is 4.36. The Morgan fingerprint density at radius 1 is 0.929 bits per heavy atom. The number of rotatable bonds is 0. The fraction of sp³-hybridized carbons (Fsp3) is 0.909. The Balaban J connectivity index is 2.00. The van der Waals surface area contributed by atoms with Gasteiger partial charge in [-0.1, -0.05) is 12.8 Å². The van der Waals surface area contributed by atoms with Crippen LogP contribution in [0.25, 0.3) is 0 Å². The van der Waals surface area contributed by atoms with Crippen molar-refractivity contribution in [3.8, 4) is 0 Å². The molecule has 0 aliphatic carbocycles. The third-order valence-electron chi connectivity index (χ3n) is 3.14. The molecule has 0 aromatic carbocycles. The van der Waals surface area contributed by atoms with Crippen LogP contribution in [0.1, 0.15) is 32.1 Å². The molecule has 3 heteroatoms.